The van der Waals surface area contributed by atoms with Gasteiger partial charge in [0, 0.05) is 6.04 Å². The summed E-state index contributed by atoms with van der Waals surface area (Å²) in [4.78, 5) is 2.38. The van der Waals surface area contributed by atoms with Gasteiger partial charge in [-0.1, -0.05) is 6.08 Å². The molecule has 1 aliphatic rings. The van der Waals surface area contributed by atoms with E-state index < -0.39 is 0 Å². The first-order valence-electron chi connectivity index (χ1n) is 4.38. The zero-order valence-corrected chi connectivity index (χ0v) is 7.51. The van der Waals surface area contributed by atoms with Gasteiger partial charge in [0.2, 0.25) is 0 Å². The molecule has 1 aliphatic heterocycles. The van der Waals surface area contributed by atoms with Crippen molar-refractivity contribution in [1.82, 2.24) is 10.2 Å². The van der Waals surface area contributed by atoms with Gasteiger partial charge >= 0.3 is 0 Å². The number of likely N-dealkylation sites (tertiary alicyclic amines) is 1. The molecule has 1 heterocycles. The Morgan fingerprint density at radius 2 is 2.00 bits per heavy atom. The highest BCUT2D eigenvalue weighted by Gasteiger charge is 2.14. The summed E-state index contributed by atoms with van der Waals surface area (Å²) < 4.78 is 0. The molecule has 0 aromatic carbocycles. The third-order valence-electron chi connectivity index (χ3n) is 2.22. The predicted octanol–water partition coefficient (Wildman–Crippen LogP) is 1.20. The fraction of sp³-hybridized carbons (Fsp3) is 0.778. The fourth-order valence-electron chi connectivity index (χ4n) is 1.41. The van der Waals surface area contributed by atoms with Crippen LogP contribution in [-0.4, -0.2) is 31.1 Å². The van der Waals surface area contributed by atoms with E-state index >= 15 is 0 Å². The van der Waals surface area contributed by atoms with Crippen molar-refractivity contribution < 1.29 is 0 Å². The SMILES string of the molecule is CC=CNC1CCN(C)CC1. The topological polar surface area (TPSA) is 15.3 Å². The summed E-state index contributed by atoms with van der Waals surface area (Å²) in [6.45, 7) is 4.51. The van der Waals surface area contributed by atoms with Gasteiger partial charge in [-0.25, -0.2) is 0 Å². The van der Waals surface area contributed by atoms with Gasteiger partial charge in [0.1, 0.15) is 0 Å². The summed E-state index contributed by atoms with van der Waals surface area (Å²) in [5, 5.41) is 3.38. The van der Waals surface area contributed by atoms with E-state index in [2.05, 4.69) is 29.5 Å². The van der Waals surface area contributed by atoms with E-state index in [1.54, 1.807) is 0 Å². The molecule has 64 valence electrons. The smallest absolute Gasteiger partial charge is 0.0280 e. The van der Waals surface area contributed by atoms with Gasteiger partial charge in [-0.2, -0.15) is 0 Å². The van der Waals surface area contributed by atoms with E-state index in [1.807, 2.05) is 6.92 Å². The first-order chi connectivity index (χ1) is 5.33. The predicted molar refractivity (Wildman–Crippen MR) is 48.5 cm³/mol. The molecule has 0 bridgehead atoms. The van der Waals surface area contributed by atoms with Crippen molar-refractivity contribution in [2.24, 2.45) is 0 Å². The van der Waals surface area contributed by atoms with Crippen LogP contribution in [0.15, 0.2) is 12.3 Å². The van der Waals surface area contributed by atoms with Crippen molar-refractivity contribution in [2.75, 3.05) is 20.1 Å². The number of nitrogens with zero attached hydrogens (tertiary/aromatic N) is 1. The summed E-state index contributed by atoms with van der Waals surface area (Å²) in [7, 11) is 2.19. The van der Waals surface area contributed by atoms with Gasteiger partial charge in [0.05, 0.1) is 0 Å². The molecule has 0 amide bonds. The van der Waals surface area contributed by atoms with Crippen LogP contribution in [0.2, 0.25) is 0 Å². The van der Waals surface area contributed by atoms with Crippen molar-refractivity contribution >= 4 is 0 Å². The highest BCUT2D eigenvalue weighted by Crippen LogP contribution is 2.07. The minimum Gasteiger partial charge on any atom is -0.388 e. The molecular formula is C9H18N2. The maximum absolute atomic E-state index is 3.38. The van der Waals surface area contributed by atoms with Crippen molar-refractivity contribution in [1.29, 1.82) is 0 Å². The van der Waals surface area contributed by atoms with Gasteiger partial charge < -0.3 is 10.2 Å². The molecule has 0 aliphatic carbocycles. The van der Waals surface area contributed by atoms with E-state index in [1.165, 1.54) is 25.9 Å². The number of rotatable bonds is 2. The highest BCUT2D eigenvalue weighted by molar-refractivity contribution is 4.83. The van der Waals surface area contributed by atoms with Crippen LogP contribution in [0.4, 0.5) is 0 Å². The average molecular weight is 154 g/mol. The van der Waals surface area contributed by atoms with Crippen LogP contribution in [0.5, 0.6) is 0 Å². The van der Waals surface area contributed by atoms with Crippen LogP contribution in [0.25, 0.3) is 0 Å². The number of hydrogen-bond donors (Lipinski definition) is 1. The van der Waals surface area contributed by atoms with Gasteiger partial charge in [-0.05, 0) is 46.1 Å². The molecule has 0 spiro atoms. The largest absolute Gasteiger partial charge is 0.388 e. The second kappa shape index (κ2) is 4.39. The Bertz CT molecular complexity index is 124. The van der Waals surface area contributed by atoms with E-state index in [9.17, 15) is 0 Å². The molecule has 0 unspecified atom stereocenters. The molecule has 1 saturated heterocycles. The maximum Gasteiger partial charge on any atom is 0.0280 e. The van der Waals surface area contributed by atoms with Crippen LogP contribution in [-0.2, 0) is 0 Å². The Morgan fingerprint density at radius 3 is 2.55 bits per heavy atom. The normalized spacial score (nSPS) is 22.7. The van der Waals surface area contributed by atoms with Crippen LogP contribution in [0.3, 0.4) is 0 Å². The number of nitrogens with one attached hydrogen (secondary N) is 1. The summed E-state index contributed by atoms with van der Waals surface area (Å²) in [6.07, 6.45) is 6.66. The van der Waals surface area contributed by atoms with Crippen LogP contribution >= 0.6 is 0 Å². The van der Waals surface area contributed by atoms with Crippen molar-refractivity contribution in [3.8, 4) is 0 Å². The van der Waals surface area contributed by atoms with Crippen LogP contribution in [0.1, 0.15) is 19.8 Å². The third kappa shape index (κ3) is 2.93. The quantitative estimate of drug-likeness (QED) is 0.643. The molecule has 1 rings (SSSR count). The van der Waals surface area contributed by atoms with Crippen LogP contribution in [0, 0.1) is 0 Å². The Hall–Kier alpha value is -0.500. The molecule has 0 saturated carbocycles. The minimum absolute atomic E-state index is 0.711. The van der Waals surface area contributed by atoms with Crippen molar-refractivity contribution in [3.63, 3.8) is 0 Å². The molecule has 1 fully saturated rings. The Kier molecular flexibility index (Phi) is 3.43. The lowest BCUT2D eigenvalue weighted by molar-refractivity contribution is 0.244. The monoisotopic (exact) mass is 154 g/mol. The van der Waals surface area contributed by atoms with Crippen molar-refractivity contribution in [3.05, 3.63) is 12.3 Å². The molecule has 2 nitrogen and oxygen atoms in total. The van der Waals surface area contributed by atoms with E-state index in [4.69, 9.17) is 0 Å². The molecule has 0 radical (unpaired) electrons. The molecule has 0 atom stereocenters. The summed E-state index contributed by atoms with van der Waals surface area (Å²) in [5.41, 5.74) is 0. The standard InChI is InChI=1S/C9H18N2/c1-3-6-10-9-4-7-11(2)8-5-9/h3,6,9-10H,4-5,7-8H2,1-2H3. The number of allylic oxidation sites excluding steroid dienone is 1. The lowest BCUT2D eigenvalue weighted by Crippen LogP contribution is -2.38. The van der Waals surface area contributed by atoms with Crippen molar-refractivity contribution in [2.45, 2.75) is 25.8 Å². The van der Waals surface area contributed by atoms with E-state index in [-0.39, 0.29) is 0 Å². The molecule has 0 aromatic heterocycles. The summed E-state index contributed by atoms with van der Waals surface area (Å²) >= 11 is 0. The zero-order chi connectivity index (χ0) is 8.10. The maximum atomic E-state index is 3.38. The van der Waals surface area contributed by atoms with E-state index in [0.717, 1.165) is 0 Å². The minimum atomic E-state index is 0.711. The lowest BCUT2D eigenvalue weighted by atomic mass is 10.1. The first kappa shape index (κ1) is 8.60. The van der Waals surface area contributed by atoms with Gasteiger partial charge in [-0.15, -0.1) is 0 Å². The molecule has 0 aromatic rings. The number of piperidine rings is 1. The molecule has 1 N–H and O–H groups in total. The zero-order valence-electron chi connectivity index (χ0n) is 7.51. The average Bonchev–Trinajstić information content (AvgIpc) is 2.04. The van der Waals surface area contributed by atoms with E-state index in [0.29, 0.717) is 6.04 Å². The number of hydrogen-bond acceptors (Lipinski definition) is 2. The van der Waals surface area contributed by atoms with Crippen LogP contribution < -0.4 is 5.32 Å². The summed E-state index contributed by atoms with van der Waals surface area (Å²) in [5.74, 6) is 0. The summed E-state index contributed by atoms with van der Waals surface area (Å²) in [6, 6.07) is 0.711. The molecule has 2 heteroatoms. The second-order valence-electron chi connectivity index (χ2n) is 3.24. The van der Waals surface area contributed by atoms with Gasteiger partial charge in [0.15, 0.2) is 0 Å². The Morgan fingerprint density at radius 1 is 1.36 bits per heavy atom. The third-order valence-corrected chi connectivity index (χ3v) is 2.22. The molecule has 11 heavy (non-hydrogen) atoms. The highest BCUT2D eigenvalue weighted by atomic mass is 15.1. The van der Waals surface area contributed by atoms with Gasteiger partial charge in [0.25, 0.3) is 0 Å². The fourth-order valence-corrected chi connectivity index (χ4v) is 1.41. The molecular weight excluding hydrogens is 136 g/mol. The Labute approximate surface area is 69.3 Å². The van der Waals surface area contributed by atoms with Gasteiger partial charge in [-0.3, -0.25) is 0 Å². The first-order valence-corrected chi connectivity index (χ1v) is 4.38. The lowest BCUT2D eigenvalue weighted by Gasteiger charge is -2.28. The second-order valence-corrected chi connectivity index (χ2v) is 3.24. The Balaban J connectivity index is 2.17.